The number of unbranched alkanes of at least 4 members (excludes halogenated alkanes) is 9. The third kappa shape index (κ3) is 11.9. The molecule has 3 heteroatoms. The van der Waals surface area contributed by atoms with Gasteiger partial charge in [-0.2, -0.15) is 0 Å². The molecule has 116 valence electrons. The molecule has 0 unspecified atom stereocenters. The molecule has 0 radical (unpaired) electrons. The van der Waals surface area contributed by atoms with Crippen LogP contribution in [0.2, 0.25) is 0 Å². The second-order valence-electron chi connectivity index (χ2n) is 5.34. The lowest BCUT2D eigenvalue weighted by Gasteiger charge is -2.03. The van der Waals surface area contributed by atoms with Gasteiger partial charge >= 0.3 is 0 Å². The fraction of sp³-hybridized carbons (Fsp3) is 0.706. The van der Waals surface area contributed by atoms with Gasteiger partial charge in [0.05, 0.1) is 0 Å². The maximum Gasteiger partial charge on any atom is 0.0299 e. The summed E-state index contributed by atoms with van der Waals surface area (Å²) in [6.45, 7) is 0. The average molecular weight is 407 g/mol. The number of hydrogen-bond acceptors (Lipinski definition) is 1. The van der Waals surface area contributed by atoms with E-state index in [0.29, 0.717) is 0 Å². The van der Waals surface area contributed by atoms with Crippen LogP contribution in [0.4, 0.5) is 0 Å². The Bertz CT molecular complexity index is 290. The Morgan fingerprint density at radius 2 is 1.35 bits per heavy atom. The molecule has 0 aliphatic heterocycles. The highest BCUT2D eigenvalue weighted by molar-refractivity contribution is 9.09. The first-order chi connectivity index (χ1) is 9.43. The molecule has 20 heavy (non-hydrogen) atoms. The Morgan fingerprint density at radius 3 is 1.85 bits per heavy atom. The van der Waals surface area contributed by atoms with E-state index < -0.39 is 0 Å². The zero-order valence-corrected chi connectivity index (χ0v) is 15.8. The molecule has 0 aliphatic rings. The van der Waals surface area contributed by atoms with E-state index >= 15 is 0 Å². The highest BCUT2D eigenvalue weighted by Crippen LogP contribution is 2.12. The van der Waals surface area contributed by atoms with Crippen molar-refractivity contribution in [3.8, 4) is 0 Å². The Balaban J connectivity index is 0.00000361. The molecule has 0 saturated carbocycles. The molecule has 1 heterocycles. The van der Waals surface area contributed by atoms with E-state index in [4.69, 9.17) is 0 Å². The summed E-state index contributed by atoms with van der Waals surface area (Å²) in [6.07, 6.45) is 19.0. The van der Waals surface area contributed by atoms with Crippen molar-refractivity contribution >= 4 is 32.9 Å². The van der Waals surface area contributed by atoms with Gasteiger partial charge in [0.25, 0.3) is 0 Å². The number of aryl methyl sites for hydroxylation is 1. The summed E-state index contributed by atoms with van der Waals surface area (Å²) in [5.74, 6) is 0. The van der Waals surface area contributed by atoms with Gasteiger partial charge < -0.3 is 0 Å². The number of halogens is 2. The Kier molecular flexibility index (Phi) is 15.6. The molecule has 1 rings (SSSR count). The van der Waals surface area contributed by atoms with Crippen molar-refractivity contribution in [1.82, 2.24) is 4.98 Å². The number of hydrogen-bond donors (Lipinski definition) is 0. The molecule has 0 fully saturated rings. The predicted octanol–water partition coefficient (Wildman–Crippen LogP) is 6.50. The summed E-state index contributed by atoms with van der Waals surface area (Å²) < 4.78 is 0. The smallest absolute Gasteiger partial charge is 0.0299 e. The lowest BCUT2D eigenvalue weighted by molar-refractivity contribution is 0.557. The third-order valence-corrected chi connectivity index (χ3v) is 4.13. The van der Waals surface area contributed by atoms with E-state index in [-0.39, 0.29) is 17.0 Å². The number of rotatable bonds is 12. The van der Waals surface area contributed by atoms with Crippen LogP contribution in [-0.2, 0) is 6.42 Å². The lowest BCUT2D eigenvalue weighted by Crippen LogP contribution is -1.87. The maximum atomic E-state index is 4.15. The van der Waals surface area contributed by atoms with Crippen LogP contribution < -0.4 is 0 Å². The van der Waals surface area contributed by atoms with Crippen molar-refractivity contribution in [2.24, 2.45) is 0 Å². The Morgan fingerprint density at radius 1 is 0.800 bits per heavy atom. The number of aromatic nitrogens is 1. The van der Waals surface area contributed by atoms with Crippen molar-refractivity contribution in [2.75, 3.05) is 5.33 Å². The quantitative estimate of drug-likeness (QED) is 0.285. The minimum absolute atomic E-state index is 0. The molecule has 1 nitrogen and oxygen atoms in total. The normalized spacial score (nSPS) is 10.2. The first kappa shape index (κ1) is 20.1. The van der Waals surface area contributed by atoms with Gasteiger partial charge in [-0.15, -0.1) is 17.0 Å². The molecular weight excluding hydrogens is 378 g/mol. The van der Waals surface area contributed by atoms with E-state index in [1.54, 1.807) is 0 Å². The standard InChI is InChI=1S/C17H28BrN.BrH/c18-14-10-8-6-4-2-1-3-5-7-9-12-17-13-11-15-19-16-17;/h11,13,15-16H,1-10,12,14H2;1H. The van der Waals surface area contributed by atoms with E-state index in [9.17, 15) is 0 Å². The minimum atomic E-state index is 0. The largest absolute Gasteiger partial charge is 0.264 e. The van der Waals surface area contributed by atoms with Gasteiger partial charge in [-0.3, -0.25) is 4.98 Å². The van der Waals surface area contributed by atoms with Crippen LogP contribution in [0.5, 0.6) is 0 Å². The van der Waals surface area contributed by atoms with Crippen LogP contribution in [0, 0.1) is 0 Å². The maximum absolute atomic E-state index is 4.15. The van der Waals surface area contributed by atoms with Gasteiger partial charge in [0.15, 0.2) is 0 Å². The van der Waals surface area contributed by atoms with Crippen LogP contribution in [0.1, 0.15) is 69.8 Å². The first-order valence-corrected chi connectivity index (χ1v) is 9.00. The van der Waals surface area contributed by atoms with Crippen LogP contribution >= 0.6 is 32.9 Å². The van der Waals surface area contributed by atoms with Gasteiger partial charge in [0.2, 0.25) is 0 Å². The molecule has 0 amide bonds. The van der Waals surface area contributed by atoms with Gasteiger partial charge in [0.1, 0.15) is 0 Å². The van der Waals surface area contributed by atoms with E-state index in [2.05, 4.69) is 27.0 Å². The van der Waals surface area contributed by atoms with E-state index in [0.717, 1.165) is 0 Å². The molecule has 1 aromatic rings. The van der Waals surface area contributed by atoms with Gasteiger partial charge in [0, 0.05) is 17.7 Å². The minimum Gasteiger partial charge on any atom is -0.264 e. The van der Waals surface area contributed by atoms with Crippen molar-refractivity contribution in [3.05, 3.63) is 30.1 Å². The summed E-state index contributed by atoms with van der Waals surface area (Å²) in [7, 11) is 0. The van der Waals surface area contributed by atoms with E-state index in [1.807, 2.05) is 18.5 Å². The highest BCUT2D eigenvalue weighted by Gasteiger charge is 1.94. The Labute approximate surface area is 143 Å². The zero-order chi connectivity index (χ0) is 13.6. The van der Waals surface area contributed by atoms with Crippen LogP contribution in [0.25, 0.3) is 0 Å². The topological polar surface area (TPSA) is 12.9 Å². The summed E-state index contributed by atoms with van der Waals surface area (Å²) >= 11 is 3.48. The third-order valence-electron chi connectivity index (χ3n) is 3.57. The fourth-order valence-electron chi connectivity index (χ4n) is 2.38. The summed E-state index contributed by atoms with van der Waals surface area (Å²) in [6, 6.07) is 4.21. The number of nitrogens with zero attached hydrogens (tertiary/aromatic N) is 1. The van der Waals surface area contributed by atoms with E-state index in [1.165, 1.54) is 81.5 Å². The second-order valence-corrected chi connectivity index (χ2v) is 6.13. The molecule has 0 saturated heterocycles. The van der Waals surface area contributed by atoms with Crippen LogP contribution in [0.3, 0.4) is 0 Å². The monoisotopic (exact) mass is 405 g/mol. The van der Waals surface area contributed by atoms with Crippen molar-refractivity contribution in [3.63, 3.8) is 0 Å². The van der Waals surface area contributed by atoms with Crippen molar-refractivity contribution in [1.29, 1.82) is 0 Å². The van der Waals surface area contributed by atoms with Gasteiger partial charge in [-0.25, -0.2) is 0 Å². The Hall–Kier alpha value is 0.110. The van der Waals surface area contributed by atoms with Gasteiger partial charge in [-0.05, 0) is 30.9 Å². The van der Waals surface area contributed by atoms with Crippen molar-refractivity contribution < 1.29 is 0 Å². The summed E-state index contributed by atoms with van der Waals surface area (Å²) in [5, 5.41) is 1.17. The first-order valence-electron chi connectivity index (χ1n) is 7.88. The lowest BCUT2D eigenvalue weighted by atomic mass is 10.0. The SMILES string of the molecule is Br.BrCCCCCCCCCCCCc1cccnc1. The molecule has 0 atom stereocenters. The predicted molar refractivity (Wildman–Crippen MR) is 98.2 cm³/mol. The van der Waals surface area contributed by atoms with Crippen LogP contribution in [0.15, 0.2) is 24.5 Å². The number of pyridine rings is 1. The van der Waals surface area contributed by atoms with Gasteiger partial charge in [-0.1, -0.05) is 73.4 Å². The molecule has 0 N–H and O–H groups in total. The molecule has 1 aromatic heterocycles. The fourth-order valence-corrected chi connectivity index (χ4v) is 2.78. The highest BCUT2D eigenvalue weighted by atomic mass is 79.9. The summed E-state index contributed by atoms with van der Waals surface area (Å²) in [5.41, 5.74) is 1.38. The second kappa shape index (κ2) is 15.5. The molecule has 0 aliphatic carbocycles. The van der Waals surface area contributed by atoms with Crippen LogP contribution in [-0.4, -0.2) is 10.3 Å². The molecular formula is C17H29Br2N. The average Bonchev–Trinajstić information content (AvgIpc) is 2.46. The zero-order valence-electron chi connectivity index (χ0n) is 12.5. The number of alkyl halides is 1. The molecule has 0 spiro atoms. The molecule has 0 bridgehead atoms. The molecule has 0 aromatic carbocycles. The summed E-state index contributed by atoms with van der Waals surface area (Å²) in [4.78, 5) is 4.15. The van der Waals surface area contributed by atoms with Crippen molar-refractivity contribution in [2.45, 2.75) is 70.6 Å².